The molecule has 6 heteroatoms. The second-order valence-electron chi connectivity index (χ2n) is 7.44. The van der Waals surface area contributed by atoms with Crippen LogP contribution in [0.3, 0.4) is 0 Å². The van der Waals surface area contributed by atoms with Gasteiger partial charge in [-0.25, -0.2) is 9.59 Å². The third-order valence-electron chi connectivity index (χ3n) is 5.43. The zero-order valence-corrected chi connectivity index (χ0v) is 18.8. The van der Waals surface area contributed by atoms with Gasteiger partial charge in [-0.15, -0.1) is 0 Å². The van der Waals surface area contributed by atoms with Crippen molar-refractivity contribution < 1.29 is 24.2 Å². The summed E-state index contributed by atoms with van der Waals surface area (Å²) in [6.07, 6.45) is 6.52. The molecule has 4 rings (SSSR count). The van der Waals surface area contributed by atoms with E-state index >= 15 is 0 Å². The van der Waals surface area contributed by atoms with E-state index < -0.39 is 11.9 Å². The number of benzene rings is 3. The number of ether oxygens (including phenoxy) is 2. The Labute approximate surface area is 197 Å². The maximum atomic E-state index is 12.9. The van der Waals surface area contributed by atoms with Gasteiger partial charge in [0.2, 0.25) is 0 Å². The first kappa shape index (κ1) is 22.6. The van der Waals surface area contributed by atoms with Gasteiger partial charge in [0.05, 0.1) is 19.8 Å². The van der Waals surface area contributed by atoms with Crippen molar-refractivity contribution >= 4 is 17.6 Å². The molecule has 0 aliphatic carbocycles. The molecule has 3 aromatic rings. The Bertz CT molecular complexity index is 1250. The zero-order valence-electron chi connectivity index (χ0n) is 18.8. The van der Waals surface area contributed by atoms with Crippen molar-refractivity contribution in [2.75, 3.05) is 19.1 Å². The summed E-state index contributed by atoms with van der Waals surface area (Å²) in [5.74, 6) is -1.27. The first-order chi connectivity index (χ1) is 16.5. The molecule has 0 bridgehead atoms. The summed E-state index contributed by atoms with van der Waals surface area (Å²) in [5, 5.41) is 11.2. The molecule has 170 valence electrons. The number of phenols is 1. The number of nitrogens with zero attached hydrogens (tertiary/aromatic N) is 1. The average molecular weight is 453 g/mol. The lowest BCUT2D eigenvalue weighted by Crippen LogP contribution is -2.27. The number of rotatable bonds is 5. The number of esters is 2. The normalized spacial score (nSPS) is 12.9. The first-order valence-electron chi connectivity index (χ1n) is 10.6. The number of carbonyl (C=O) groups is 2. The quantitative estimate of drug-likeness (QED) is 0.534. The van der Waals surface area contributed by atoms with Gasteiger partial charge in [-0.2, -0.15) is 0 Å². The van der Waals surface area contributed by atoms with Gasteiger partial charge in [-0.05, 0) is 35.4 Å². The number of phenolic OH excluding ortho intramolecular Hbond substituents is 1. The van der Waals surface area contributed by atoms with Crippen molar-refractivity contribution in [1.29, 1.82) is 0 Å². The number of hydrogen-bond donors (Lipinski definition) is 1. The Morgan fingerprint density at radius 1 is 0.765 bits per heavy atom. The van der Waals surface area contributed by atoms with Gasteiger partial charge in [-0.3, -0.25) is 0 Å². The van der Waals surface area contributed by atoms with Crippen molar-refractivity contribution in [2.45, 2.75) is 0 Å². The number of aromatic hydroxyl groups is 1. The second-order valence-corrected chi connectivity index (χ2v) is 7.44. The monoisotopic (exact) mass is 453 g/mol. The third kappa shape index (κ3) is 4.34. The summed E-state index contributed by atoms with van der Waals surface area (Å²) in [5.41, 5.74) is 3.36. The summed E-state index contributed by atoms with van der Waals surface area (Å²) >= 11 is 0. The fourth-order valence-corrected chi connectivity index (χ4v) is 3.80. The highest BCUT2D eigenvalue weighted by Crippen LogP contribution is 2.42. The van der Waals surface area contributed by atoms with Crippen LogP contribution >= 0.6 is 0 Å². The Kier molecular flexibility index (Phi) is 6.59. The molecule has 1 N–H and O–H groups in total. The van der Waals surface area contributed by atoms with Gasteiger partial charge >= 0.3 is 11.9 Å². The van der Waals surface area contributed by atoms with Crippen LogP contribution in [0.4, 0.5) is 5.69 Å². The van der Waals surface area contributed by atoms with Crippen LogP contribution in [-0.2, 0) is 19.1 Å². The molecule has 0 spiro atoms. The van der Waals surface area contributed by atoms with Crippen LogP contribution in [0.25, 0.3) is 22.3 Å². The van der Waals surface area contributed by atoms with Crippen LogP contribution in [0.15, 0.2) is 108 Å². The summed E-state index contributed by atoms with van der Waals surface area (Å²) in [6, 6.07) is 22.4. The lowest BCUT2D eigenvalue weighted by molar-refractivity contribution is -0.139. The van der Waals surface area contributed by atoms with Crippen molar-refractivity contribution in [2.24, 2.45) is 0 Å². The molecular formula is C28H23NO5. The van der Waals surface area contributed by atoms with E-state index in [1.54, 1.807) is 35.4 Å². The Balaban J connectivity index is 2.01. The lowest BCUT2D eigenvalue weighted by Gasteiger charge is -2.25. The fourth-order valence-electron chi connectivity index (χ4n) is 3.80. The van der Waals surface area contributed by atoms with E-state index in [4.69, 9.17) is 9.47 Å². The Hall–Kier alpha value is -4.58. The SMILES string of the molecule is COC(=O)C1=C(C(=O)OC)N(c2cc(-c3ccccc3)c(O)c(-c3ccccc3)c2)C=CC=C1. The predicted molar refractivity (Wildman–Crippen MR) is 131 cm³/mol. The molecule has 1 heterocycles. The first-order valence-corrected chi connectivity index (χ1v) is 10.6. The number of allylic oxidation sites excluding steroid dienone is 2. The van der Waals surface area contributed by atoms with Crippen molar-refractivity contribution in [1.82, 2.24) is 0 Å². The standard InChI is InChI=1S/C28H23NO5/c1-33-27(31)22-15-9-10-16-29(25(22)28(32)34-2)21-17-23(19-11-5-3-6-12-19)26(30)24(18-21)20-13-7-4-8-14-20/h3-18,30H,1-2H3. The van der Waals surface area contributed by atoms with Crippen LogP contribution in [0, 0.1) is 0 Å². The van der Waals surface area contributed by atoms with Gasteiger partial charge in [-0.1, -0.05) is 66.7 Å². The third-order valence-corrected chi connectivity index (χ3v) is 5.43. The van der Waals surface area contributed by atoms with Crippen LogP contribution in [0.5, 0.6) is 5.75 Å². The van der Waals surface area contributed by atoms with E-state index in [9.17, 15) is 14.7 Å². The number of methoxy groups -OCH3 is 2. The van der Waals surface area contributed by atoms with Crippen LogP contribution < -0.4 is 4.90 Å². The minimum atomic E-state index is -0.702. The van der Waals surface area contributed by atoms with E-state index in [2.05, 4.69) is 0 Å². The molecule has 6 nitrogen and oxygen atoms in total. The van der Waals surface area contributed by atoms with Crippen molar-refractivity contribution in [3.05, 3.63) is 108 Å². The van der Waals surface area contributed by atoms with E-state index in [1.165, 1.54) is 20.3 Å². The smallest absolute Gasteiger partial charge is 0.355 e. The summed E-state index contributed by atoms with van der Waals surface area (Å²) in [4.78, 5) is 27.0. The summed E-state index contributed by atoms with van der Waals surface area (Å²) < 4.78 is 9.92. The molecule has 0 saturated heterocycles. The molecule has 0 radical (unpaired) electrons. The maximum absolute atomic E-state index is 12.9. The molecule has 0 atom stereocenters. The van der Waals surface area contributed by atoms with Gasteiger partial charge < -0.3 is 19.5 Å². The number of hydrogen-bond acceptors (Lipinski definition) is 6. The van der Waals surface area contributed by atoms with Crippen LogP contribution in [-0.4, -0.2) is 31.3 Å². The number of carbonyl (C=O) groups excluding carboxylic acids is 2. The number of anilines is 1. The molecule has 1 aliphatic rings. The highest BCUT2D eigenvalue weighted by molar-refractivity contribution is 6.06. The predicted octanol–water partition coefficient (Wildman–Crippen LogP) is 5.22. The fraction of sp³-hybridized carbons (Fsp3) is 0.0714. The molecule has 0 aromatic heterocycles. The summed E-state index contributed by atoms with van der Waals surface area (Å²) in [6.45, 7) is 0. The van der Waals surface area contributed by atoms with Gasteiger partial charge in [0.25, 0.3) is 0 Å². The minimum Gasteiger partial charge on any atom is -0.507 e. The maximum Gasteiger partial charge on any atom is 0.355 e. The molecule has 0 amide bonds. The van der Waals surface area contributed by atoms with E-state index in [0.29, 0.717) is 16.8 Å². The molecule has 3 aromatic carbocycles. The highest BCUT2D eigenvalue weighted by atomic mass is 16.5. The van der Waals surface area contributed by atoms with Crippen LogP contribution in [0.2, 0.25) is 0 Å². The van der Waals surface area contributed by atoms with Crippen LogP contribution in [0.1, 0.15) is 0 Å². The average Bonchev–Trinajstić information content (AvgIpc) is 3.12. The molecule has 1 aliphatic heterocycles. The van der Waals surface area contributed by atoms with Crippen molar-refractivity contribution in [3.63, 3.8) is 0 Å². The lowest BCUT2D eigenvalue weighted by atomic mass is 9.95. The van der Waals surface area contributed by atoms with Gasteiger partial charge in [0, 0.05) is 23.0 Å². The van der Waals surface area contributed by atoms with Gasteiger partial charge in [0.15, 0.2) is 0 Å². The molecule has 0 saturated carbocycles. The Morgan fingerprint density at radius 3 is 1.79 bits per heavy atom. The Morgan fingerprint density at radius 2 is 1.29 bits per heavy atom. The molecule has 0 fully saturated rings. The van der Waals surface area contributed by atoms with E-state index in [-0.39, 0.29) is 17.0 Å². The minimum absolute atomic E-state index is 0.00284. The molecule has 0 unspecified atom stereocenters. The summed E-state index contributed by atoms with van der Waals surface area (Å²) in [7, 11) is 2.50. The van der Waals surface area contributed by atoms with E-state index in [1.807, 2.05) is 60.7 Å². The molecular weight excluding hydrogens is 430 g/mol. The van der Waals surface area contributed by atoms with Crippen molar-refractivity contribution in [3.8, 4) is 28.0 Å². The zero-order chi connectivity index (χ0) is 24.1. The van der Waals surface area contributed by atoms with E-state index in [0.717, 1.165) is 11.1 Å². The molecule has 34 heavy (non-hydrogen) atoms. The topological polar surface area (TPSA) is 76.1 Å². The largest absolute Gasteiger partial charge is 0.507 e. The van der Waals surface area contributed by atoms with Gasteiger partial charge in [0.1, 0.15) is 11.4 Å². The second kappa shape index (κ2) is 9.92. The highest BCUT2D eigenvalue weighted by Gasteiger charge is 2.28.